The van der Waals surface area contributed by atoms with Crippen molar-refractivity contribution in [1.29, 1.82) is 0 Å². The van der Waals surface area contributed by atoms with Crippen molar-refractivity contribution >= 4 is 27.3 Å². The van der Waals surface area contributed by atoms with Crippen molar-refractivity contribution in [3.05, 3.63) is 48.3 Å². The number of sulfonamides is 1. The molecule has 0 spiro atoms. The van der Waals surface area contributed by atoms with E-state index in [1.165, 1.54) is 22.9 Å². The number of benzene rings is 2. The van der Waals surface area contributed by atoms with Gasteiger partial charge in [-0.25, -0.2) is 12.8 Å². The largest absolute Gasteiger partial charge is 0.494 e. The van der Waals surface area contributed by atoms with Gasteiger partial charge in [0.05, 0.1) is 22.9 Å². The van der Waals surface area contributed by atoms with Gasteiger partial charge in [0.25, 0.3) is 0 Å². The molecule has 9 heteroatoms. The number of hydrogen-bond donors (Lipinski definition) is 1. The number of rotatable bonds is 7. The number of carbonyl (C=O) groups is 1. The Balaban J connectivity index is 1.39. The van der Waals surface area contributed by atoms with Crippen LogP contribution >= 0.6 is 0 Å². The average molecular weight is 490 g/mol. The second-order valence-corrected chi connectivity index (χ2v) is 10.7. The molecular formula is C25H32FN3O4S. The molecule has 2 saturated heterocycles. The fourth-order valence-electron chi connectivity index (χ4n) is 4.64. The first-order valence-corrected chi connectivity index (χ1v) is 13.4. The zero-order valence-corrected chi connectivity index (χ0v) is 20.3. The predicted molar refractivity (Wildman–Crippen MR) is 130 cm³/mol. The highest BCUT2D eigenvalue weighted by molar-refractivity contribution is 7.89. The molecule has 2 aromatic carbocycles. The summed E-state index contributed by atoms with van der Waals surface area (Å²) in [5, 5.41) is 2.92. The summed E-state index contributed by atoms with van der Waals surface area (Å²) in [6.45, 7) is 4.67. The second kappa shape index (κ2) is 10.7. The van der Waals surface area contributed by atoms with Crippen LogP contribution in [0.5, 0.6) is 5.75 Å². The van der Waals surface area contributed by atoms with Crippen molar-refractivity contribution in [1.82, 2.24) is 4.31 Å². The molecule has 2 aliphatic heterocycles. The predicted octanol–water partition coefficient (Wildman–Crippen LogP) is 4.25. The molecule has 2 fully saturated rings. The van der Waals surface area contributed by atoms with Gasteiger partial charge < -0.3 is 15.0 Å². The summed E-state index contributed by atoms with van der Waals surface area (Å²) in [7, 11) is -3.64. The molecule has 0 bridgehead atoms. The Morgan fingerprint density at radius 2 is 1.71 bits per heavy atom. The minimum atomic E-state index is -3.64. The maximum Gasteiger partial charge on any atom is 0.243 e. The normalized spacial score (nSPS) is 18.0. The number of nitrogens with one attached hydrogen (secondary N) is 1. The number of carbonyl (C=O) groups excluding carboxylic acids is 1. The van der Waals surface area contributed by atoms with Crippen LogP contribution in [-0.4, -0.2) is 51.4 Å². The van der Waals surface area contributed by atoms with Crippen molar-refractivity contribution < 1.29 is 22.3 Å². The number of nitrogens with zero attached hydrogens (tertiary/aromatic N) is 2. The van der Waals surface area contributed by atoms with Gasteiger partial charge in [-0.2, -0.15) is 4.31 Å². The second-order valence-electron chi connectivity index (χ2n) is 8.78. The lowest BCUT2D eigenvalue weighted by Gasteiger charge is -2.32. The van der Waals surface area contributed by atoms with Crippen LogP contribution in [0.4, 0.5) is 15.8 Å². The van der Waals surface area contributed by atoms with E-state index in [-0.39, 0.29) is 29.8 Å². The van der Waals surface area contributed by atoms with Crippen LogP contribution < -0.4 is 15.0 Å². The standard InChI is InChI=1S/C25H32FN3O4S/c1-2-33-21-7-9-22(10-8-21)34(31,32)29-16-12-19(13-17-29)25(30)27-23-18-20(26)6-11-24(23)28-14-4-3-5-15-28/h6-11,18-19H,2-5,12-17H2,1H3,(H,27,30). The van der Waals surface area contributed by atoms with E-state index in [2.05, 4.69) is 10.2 Å². The maximum absolute atomic E-state index is 14.0. The third-order valence-corrected chi connectivity index (χ3v) is 8.42. The Labute approximate surface area is 200 Å². The van der Waals surface area contributed by atoms with Crippen LogP contribution in [0.15, 0.2) is 47.4 Å². The minimum absolute atomic E-state index is 0.193. The molecule has 2 aliphatic rings. The maximum atomic E-state index is 14.0. The monoisotopic (exact) mass is 489 g/mol. The van der Waals surface area contributed by atoms with Crippen molar-refractivity contribution in [3.8, 4) is 5.75 Å². The van der Waals surface area contributed by atoms with E-state index < -0.39 is 15.8 Å². The van der Waals surface area contributed by atoms with E-state index in [9.17, 15) is 17.6 Å². The third kappa shape index (κ3) is 5.52. The van der Waals surface area contributed by atoms with Crippen molar-refractivity contribution in [2.75, 3.05) is 43.0 Å². The van der Waals surface area contributed by atoms with E-state index >= 15 is 0 Å². The number of ether oxygens (including phenoxy) is 1. The van der Waals surface area contributed by atoms with Gasteiger partial charge in [0.2, 0.25) is 15.9 Å². The summed E-state index contributed by atoms with van der Waals surface area (Å²) in [6.07, 6.45) is 4.16. The lowest BCUT2D eigenvalue weighted by Crippen LogP contribution is -2.41. The fourth-order valence-corrected chi connectivity index (χ4v) is 6.11. The number of halogens is 1. The SMILES string of the molecule is CCOc1ccc(S(=O)(=O)N2CCC(C(=O)Nc3cc(F)ccc3N3CCCCC3)CC2)cc1. The Hall–Kier alpha value is -2.65. The molecule has 7 nitrogen and oxygen atoms in total. The zero-order valence-electron chi connectivity index (χ0n) is 19.5. The number of amides is 1. The molecule has 1 N–H and O–H groups in total. The fraction of sp³-hybridized carbons (Fsp3) is 0.480. The molecule has 2 aromatic rings. The summed E-state index contributed by atoms with van der Waals surface area (Å²) in [5.74, 6) is -0.295. The smallest absolute Gasteiger partial charge is 0.243 e. The van der Waals surface area contributed by atoms with E-state index in [4.69, 9.17) is 4.74 Å². The molecule has 0 atom stereocenters. The molecular weight excluding hydrogens is 457 g/mol. The summed E-state index contributed by atoms with van der Waals surface area (Å²) in [6, 6.07) is 10.9. The molecule has 0 radical (unpaired) electrons. The summed E-state index contributed by atoms with van der Waals surface area (Å²) >= 11 is 0. The number of anilines is 2. The first-order valence-electron chi connectivity index (χ1n) is 12.0. The molecule has 4 rings (SSSR count). The molecule has 0 aromatic heterocycles. The Bertz CT molecular complexity index is 1090. The third-order valence-electron chi connectivity index (χ3n) is 6.51. The van der Waals surface area contributed by atoms with Gasteiger partial charge in [0.15, 0.2) is 0 Å². The number of piperidine rings is 2. The summed E-state index contributed by atoms with van der Waals surface area (Å²) in [4.78, 5) is 15.4. The van der Waals surface area contributed by atoms with Crippen LogP contribution in [0, 0.1) is 11.7 Å². The Morgan fingerprint density at radius 3 is 2.35 bits per heavy atom. The van der Waals surface area contributed by atoms with Crippen LogP contribution in [0.1, 0.15) is 39.0 Å². The Kier molecular flexibility index (Phi) is 7.73. The molecule has 184 valence electrons. The van der Waals surface area contributed by atoms with Gasteiger partial charge in [0.1, 0.15) is 11.6 Å². The lowest BCUT2D eigenvalue weighted by molar-refractivity contribution is -0.120. The summed E-state index contributed by atoms with van der Waals surface area (Å²) in [5.41, 5.74) is 1.32. The topological polar surface area (TPSA) is 79.0 Å². The van der Waals surface area contributed by atoms with Crippen molar-refractivity contribution in [2.45, 2.75) is 43.9 Å². The van der Waals surface area contributed by atoms with Gasteiger partial charge in [-0.15, -0.1) is 0 Å². The van der Waals surface area contributed by atoms with Crippen LogP contribution in [0.3, 0.4) is 0 Å². The zero-order chi connectivity index (χ0) is 24.1. The first-order chi connectivity index (χ1) is 16.4. The van der Waals surface area contributed by atoms with E-state index in [1.54, 1.807) is 30.3 Å². The highest BCUT2D eigenvalue weighted by Gasteiger charge is 2.32. The van der Waals surface area contributed by atoms with E-state index in [1.807, 2.05) is 6.92 Å². The van der Waals surface area contributed by atoms with Crippen molar-refractivity contribution in [2.24, 2.45) is 5.92 Å². The summed E-state index contributed by atoms with van der Waals surface area (Å²) < 4.78 is 46.8. The van der Waals surface area contributed by atoms with Gasteiger partial charge in [-0.1, -0.05) is 0 Å². The van der Waals surface area contributed by atoms with Crippen LogP contribution in [0.2, 0.25) is 0 Å². The van der Waals surface area contributed by atoms with Crippen LogP contribution in [-0.2, 0) is 14.8 Å². The first kappa shape index (κ1) is 24.5. The van der Waals surface area contributed by atoms with E-state index in [0.717, 1.165) is 31.6 Å². The quantitative estimate of drug-likeness (QED) is 0.629. The molecule has 0 aliphatic carbocycles. The Morgan fingerprint density at radius 1 is 1.03 bits per heavy atom. The van der Waals surface area contributed by atoms with Crippen molar-refractivity contribution in [3.63, 3.8) is 0 Å². The van der Waals surface area contributed by atoms with Gasteiger partial charge >= 0.3 is 0 Å². The van der Waals surface area contributed by atoms with Gasteiger partial charge in [-0.05, 0) is 81.5 Å². The van der Waals surface area contributed by atoms with Crippen LogP contribution in [0.25, 0.3) is 0 Å². The van der Waals surface area contributed by atoms with Gasteiger partial charge in [0, 0.05) is 32.1 Å². The minimum Gasteiger partial charge on any atom is -0.494 e. The highest BCUT2D eigenvalue weighted by Crippen LogP contribution is 2.31. The number of hydrogen-bond acceptors (Lipinski definition) is 5. The van der Waals surface area contributed by atoms with E-state index in [0.29, 0.717) is 30.9 Å². The molecule has 34 heavy (non-hydrogen) atoms. The average Bonchev–Trinajstić information content (AvgIpc) is 2.85. The molecule has 0 saturated carbocycles. The lowest BCUT2D eigenvalue weighted by atomic mass is 9.97. The molecule has 1 amide bonds. The van der Waals surface area contributed by atoms with Gasteiger partial charge in [-0.3, -0.25) is 4.79 Å². The molecule has 0 unspecified atom stereocenters. The highest BCUT2D eigenvalue weighted by atomic mass is 32.2. The molecule has 2 heterocycles.